The molecule has 2 aliphatic rings. The van der Waals surface area contributed by atoms with Gasteiger partial charge in [-0.15, -0.1) is 0 Å². The molecule has 3 amide bonds. The van der Waals surface area contributed by atoms with Gasteiger partial charge in [-0.3, -0.25) is 24.1 Å². The molecule has 0 atom stereocenters. The number of amides is 3. The summed E-state index contributed by atoms with van der Waals surface area (Å²) in [6.45, 7) is -0.192. The maximum atomic E-state index is 12.1. The van der Waals surface area contributed by atoms with E-state index in [9.17, 15) is 19.2 Å². The maximum Gasteiger partial charge on any atom is 0.310 e. The number of thioether (sulfide) groups is 1. The minimum Gasteiger partial charge on any atom is -0.464 e. The number of hydrogen-bond donors (Lipinski definition) is 1. The van der Waals surface area contributed by atoms with Crippen LogP contribution in [0.1, 0.15) is 23.1 Å². The molecule has 8 nitrogen and oxygen atoms in total. The SMILES string of the molecule is O=C(COC(=O)Cc1coc2cc3c(cc12)CCC3)NCCN1C(=O)CSC1=O. The second kappa shape index (κ2) is 8.28. The highest BCUT2D eigenvalue weighted by molar-refractivity contribution is 8.14. The normalized spacial score (nSPS) is 15.8. The Morgan fingerprint density at radius 1 is 1.21 bits per heavy atom. The van der Waals surface area contributed by atoms with Gasteiger partial charge in [-0.2, -0.15) is 0 Å². The van der Waals surface area contributed by atoms with Crippen LogP contribution in [-0.2, 0) is 38.4 Å². The molecular formula is C20H20N2O6S. The maximum absolute atomic E-state index is 12.1. The van der Waals surface area contributed by atoms with Crippen molar-refractivity contribution in [2.24, 2.45) is 0 Å². The molecular weight excluding hydrogens is 396 g/mol. The van der Waals surface area contributed by atoms with Gasteiger partial charge in [-0.1, -0.05) is 11.8 Å². The Kier molecular flexibility index (Phi) is 5.57. The second-order valence-corrected chi connectivity index (χ2v) is 7.95. The molecule has 1 aromatic heterocycles. The Labute approximate surface area is 170 Å². The Morgan fingerprint density at radius 3 is 2.76 bits per heavy atom. The molecule has 9 heteroatoms. The first-order valence-electron chi connectivity index (χ1n) is 9.42. The van der Waals surface area contributed by atoms with E-state index >= 15 is 0 Å². The molecule has 0 saturated carbocycles. The number of carbonyl (C=O) groups is 4. The second-order valence-electron chi connectivity index (χ2n) is 7.02. The van der Waals surface area contributed by atoms with Crippen LogP contribution in [0.5, 0.6) is 0 Å². The van der Waals surface area contributed by atoms with Gasteiger partial charge < -0.3 is 14.5 Å². The van der Waals surface area contributed by atoms with Gasteiger partial charge in [-0.05, 0) is 42.5 Å². The molecule has 0 unspecified atom stereocenters. The predicted octanol–water partition coefficient (Wildman–Crippen LogP) is 1.82. The van der Waals surface area contributed by atoms with Crippen molar-refractivity contribution < 1.29 is 28.3 Å². The van der Waals surface area contributed by atoms with Crippen LogP contribution in [0.3, 0.4) is 0 Å². The van der Waals surface area contributed by atoms with Crippen molar-refractivity contribution in [3.05, 3.63) is 35.1 Å². The Morgan fingerprint density at radius 2 is 2.00 bits per heavy atom. The summed E-state index contributed by atoms with van der Waals surface area (Å²) in [6.07, 6.45) is 4.80. The van der Waals surface area contributed by atoms with E-state index < -0.39 is 18.5 Å². The molecule has 2 heterocycles. The smallest absolute Gasteiger partial charge is 0.310 e. The van der Waals surface area contributed by atoms with Crippen LogP contribution < -0.4 is 5.32 Å². The van der Waals surface area contributed by atoms with Crippen LogP contribution >= 0.6 is 11.8 Å². The van der Waals surface area contributed by atoms with Crippen molar-refractivity contribution in [3.63, 3.8) is 0 Å². The fraction of sp³-hybridized carbons (Fsp3) is 0.400. The van der Waals surface area contributed by atoms with Gasteiger partial charge in [-0.25, -0.2) is 0 Å². The summed E-state index contributed by atoms with van der Waals surface area (Å²) in [5, 5.41) is 3.13. The van der Waals surface area contributed by atoms with Crippen LogP contribution in [-0.4, -0.2) is 53.4 Å². The fourth-order valence-electron chi connectivity index (χ4n) is 3.59. The first kappa shape index (κ1) is 19.5. The number of hydrogen-bond acceptors (Lipinski definition) is 7. The lowest BCUT2D eigenvalue weighted by Crippen LogP contribution is -2.38. The Hall–Kier alpha value is -2.81. The number of esters is 1. The molecule has 1 saturated heterocycles. The third-order valence-corrected chi connectivity index (χ3v) is 5.92. The number of nitrogens with zero attached hydrogens (tertiary/aromatic N) is 1. The number of imide groups is 1. The zero-order valence-corrected chi connectivity index (χ0v) is 16.5. The van der Waals surface area contributed by atoms with Crippen LogP contribution in [0.15, 0.2) is 22.8 Å². The molecule has 1 fully saturated rings. The molecule has 4 rings (SSSR count). The first-order chi connectivity index (χ1) is 14.0. The lowest BCUT2D eigenvalue weighted by molar-refractivity contribution is -0.147. The Balaban J connectivity index is 1.24. The van der Waals surface area contributed by atoms with Gasteiger partial charge in [0, 0.05) is 24.0 Å². The number of rotatable bonds is 7. The highest BCUT2D eigenvalue weighted by Gasteiger charge is 2.29. The van der Waals surface area contributed by atoms with E-state index in [2.05, 4.69) is 11.4 Å². The molecule has 1 aromatic carbocycles. The molecule has 1 aliphatic carbocycles. The van der Waals surface area contributed by atoms with Crippen molar-refractivity contribution in [2.45, 2.75) is 25.7 Å². The highest BCUT2D eigenvalue weighted by atomic mass is 32.2. The van der Waals surface area contributed by atoms with E-state index in [0.29, 0.717) is 0 Å². The van der Waals surface area contributed by atoms with E-state index in [-0.39, 0.29) is 36.4 Å². The molecule has 0 radical (unpaired) electrons. The molecule has 0 bridgehead atoms. The molecule has 29 heavy (non-hydrogen) atoms. The van der Waals surface area contributed by atoms with E-state index in [1.807, 2.05) is 6.07 Å². The van der Waals surface area contributed by atoms with Crippen LogP contribution in [0.2, 0.25) is 0 Å². The van der Waals surface area contributed by atoms with E-state index in [0.717, 1.165) is 52.5 Å². The fourth-order valence-corrected chi connectivity index (χ4v) is 4.34. The molecule has 1 N–H and O–H groups in total. The lowest BCUT2D eigenvalue weighted by atomic mass is 10.0. The average molecular weight is 416 g/mol. The largest absolute Gasteiger partial charge is 0.464 e. The minimum absolute atomic E-state index is 0.0209. The van der Waals surface area contributed by atoms with Gasteiger partial charge in [0.2, 0.25) is 5.91 Å². The zero-order chi connectivity index (χ0) is 20.4. The van der Waals surface area contributed by atoms with Gasteiger partial charge in [0.1, 0.15) is 5.58 Å². The quantitative estimate of drug-likeness (QED) is 0.686. The summed E-state index contributed by atoms with van der Waals surface area (Å²) in [5.41, 5.74) is 4.09. The molecule has 2 aromatic rings. The zero-order valence-electron chi connectivity index (χ0n) is 15.7. The van der Waals surface area contributed by atoms with Gasteiger partial charge in [0.05, 0.1) is 18.4 Å². The summed E-state index contributed by atoms with van der Waals surface area (Å²) >= 11 is 0.943. The van der Waals surface area contributed by atoms with E-state index in [1.54, 1.807) is 6.26 Å². The van der Waals surface area contributed by atoms with E-state index in [1.165, 1.54) is 11.1 Å². The van der Waals surface area contributed by atoms with Crippen molar-refractivity contribution in [1.82, 2.24) is 10.2 Å². The third-order valence-electron chi connectivity index (χ3n) is 5.07. The first-order valence-corrected chi connectivity index (χ1v) is 10.4. The topological polar surface area (TPSA) is 106 Å². The molecule has 152 valence electrons. The summed E-state index contributed by atoms with van der Waals surface area (Å²) in [5.74, 6) is -1.14. The van der Waals surface area contributed by atoms with Gasteiger partial charge in [0.25, 0.3) is 11.1 Å². The highest BCUT2D eigenvalue weighted by Crippen LogP contribution is 2.30. The monoisotopic (exact) mass is 416 g/mol. The number of fused-ring (bicyclic) bond motifs is 2. The Bertz CT molecular complexity index is 982. The molecule has 0 spiro atoms. The van der Waals surface area contributed by atoms with Crippen molar-refractivity contribution in [3.8, 4) is 0 Å². The predicted molar refractivity (Wildman–Crippen MR) is 105 cm³/mol. The number of ether oxygens (including phenoxy) is 1. The van der Waals surface area contributed by atoms with Crippen molar-refractivity contribution in [1.29, 1.82) is 0 Å². The minimum atomic E-state index is -0.523. The van der Waals surface area contributed by atoms with Crippen molar-refractivity contribution in [2.75, 3.05) is 25.4 Å². The number of furan rings is 1. The van der Waals surface area contributed by atoms with Gasteiger partial charge >= 0.3 is 5.97 Å². The van der Waals surface area contributed by atoms with Crippen molar-refractivity contribution >= 4 is 45.8 Å². The van der Waals surface area contributed by atoms with E-state index in [4.69, 9.17) is 9.15 Å². The summed E-state index contributed by atoms with van der Waals surface area (Å²) < 4.78 is 10.6. The number of benzene rings is 1. The summed E-state index contributed by atoms with van der Waals surface area (Å²) in [4.78, 5) is 48.0. The number of carbonyl (C=O) groups excluding carboxylic acids is 4. The summed E-state index contributed by atoms with van der Waals surface area (Å²) in [6, 6.07) is 4.12. The van der Waals surface area contributed by atoms with Crippen LogP contribution in [0.25, 0.3) is 11.0 Å². The number of aryl methyl sites for hydroxylation is 2. The summed E-state index contributed by atoms with van der Waals surface area (Å²) in [7, 11) is 0. The van der Waals surface area contributed by atoms with Crippen LogP contribution in [0, 0.1) is 0 Å². The average Bonchev–Trinajstić information content (AvgIpc) is 3.40. The van der Waals surface area contributed by atoms with Crippen LogP contribution in [0.4, 0.5) is 4.79 Å². The molecule has 1 aliphatic heterocycles. The third kappa shape index (κ3) is 4.29. The standard InChI is InChI=1S/C20H20N2O6S/c23-17(21-4-5-22-18(24)11-29-20(22)26)10-28-19(25)8-14-9-27-16-7-13-3-1-2-12(13)6-15(14)16/h6-7,9H,1-5,8,10-11H2,(H,21,23). The van der Waals surface area contributed by atoms with Gasteiger partial charge in [0.15, 0.2) is 6.61 Å². The number of nitrogens with one attached hydrogen (secondary N) is 1. The lowest BCUT2D eigenvalue weighted by Gasteiger charge is -2.13.